The first-order chi connectivity index (χ1) is 17.8. The van der Waals surface area contributed by atoms with Gasteiger partial charge in [-0.25, -0.2) is 9.48 Å². The van der Waals surface area contributed by atoms with E-state index in [2.05, 4.69) is 41.7 Å². The number of ether oxygens (including phenoxy) is 3. The maximum atomic E-state index is 12.1. The van der Waals surface area contributed by atoms with Crippen LogP contribution in [0.4, 0.5) is 4.79 Å². The fourth-order valence-electron chi connectivity index (χ4n) is 4.58. The van der Waals surface area contributed by atoms with E-state index in [0.29, 0.717) is 70.1 Å². The van der Waals surface area contributed by atoms with Gasteiger partial charge in [-0.3, -0.25) is 4.79 Å². The number of hydrogen-bond acceptors (Lipinski definition) is 8. The van der Waals surface area contributed by atoms with Crippen LogP contribution < -0.4 is 10.6 Å². The summed E-state index contributed by atoms with van der Waals surface area (Å²) in [6, 6.07) is 0.476. The highest BCUT2D eigenvalue weighted by Gasteiger charge is 2.42. The van der Waals surface area contributed by atoms with Crippen LogP contribution in [-0.4, -0.2) is 89.5 Å². The largest absolute Gasteiger partial charge is 0.379 e. The average Bonchev–Trinajstić information content (AvgIpc) is 3.53. The minimum Gasteiger partial charge on any atom is -0.379 e. The lowest BCUT2D eigenvalue weighted by atomic mass is 9.91. The Bertz CT molecular complexity index is 831. The molecule has 3 heterocycles. The summed E-state index contributed by atoms with van der Waals surface area (Å²) < 4.78 is 18.5. The fourth-order valence-corrected chi connectivity index (χ4v) is 6.12. The molecule has 11 heteroatoms. The van der Waals surface area contributed by atoms with E-state index in [4.69, 9.17) is 14.2 Å². The topological polar surface area (TPSA) is 117 Å². The lowest BCUT2D eigenvalue weighted by Crippen LogP contribution is -2.36. The van der Waals surface area contributed by atoms with Crippen molar-refractivity contribution in [3.8, 4) is 0 Å². The Hall–Kier alpha value is -1.69. The zero-order valence-electron chi connectivity index (χ0n) is 22.7. The van der Waals surface area contributed by atoms with Crippen LogP contribution in [0.3, 0.4) is 0 Å². The van der Waals surface area contributed by atoms with Crippen molar-refractivity contribution in [3.63, 3.8) is 0 Å². The van der Waals surface area contributed by atoms with E-state index < -0.39 is 0 Å². The van der Waals surface area contributed by atoms with Crippen LogP contribution in [-0.2, 0) is 32.0 Å². The molecule has 0 radical (unpaired) electrons. The van der Waals surface area contributed by atoms with Crippen molar-refractivity contribution in [1.29, 1.82) is 0 Å². The van der Waals surface area contributed by atoms with Gasteiger partial charge in [0.25, 0.3) is 0 Å². The Balaban J connectivity index is 1.05. The van der Waals surface area contributed by atoms with E-state index >= 15 is 0 Å². The third-order valence-corrected chi connectivity index (χ3v) is 7.89. The highest BCUT2D eigenvalue weighted by Crippen LogP contribution is 2.33. The number of Topliss-reactive ketones (excluding diaryl/α,β-unsaturated/α-hetero) is 1. The summed E-state index contributed by atoms with van der Waals surface area (Å²) >= 11 is 1.92. The molecule has 10 nitrogen and oxygen atoms in total. The van der Waals surface area contributed by atoms with Crippen molar-refractivity contribution < 1.29 is 23.8 Å². The minimum absolute atomic E-state index is 0.0428. The Morgan fingerprint density at radius 1 is 1.03 bits per heavy atom. The molecule has 2 unspecified atom stereocenters. The molecule has 3 rings (SSSR count). The van der Waals surface area contributed by atoms with Gasteiger partial charge in [0, 0.05) is 36.6 Å². The number of aromatic nitrogens is 3. The summed E-state index contributed by atoms with van der Waals surface area (Å²) in [4.78, 5) is 23.5. The molecule has 1 aromatic heterocycles. The van der Waals surface area contributed by atoms with Crippen LogP contribution >= 0.6 is 11.8 Å². The second kappa shape index (κ2) is 15.7. The molecular weight excluding hydrogens is 494 g/mol. The van der Waals surface area contributed by atoms with Crippen molar-refractivity contribution in [1.82, 2.24) is 25.6 Å². The van der Waals surface area contributed by atoms with Gasteiger partial charge in [0.2, 0.25) is 0 Å². The maximum Gasteiger partial charge on any atom is 0.315 e. The molecular formula is C26H45N5O5S. The highest BCUT2D eigenvalue weighted by molar-refractivity contribution is 8.00. The standard InChI is InChI=1S/C26H45N5O5S/c1-26(2,3)17-20-18-31(30-29-20)10-12-35-14-16-36-15-13-34-11-6-8-21(32)7-4-5-9-23-24-22(19-37-23)27-25(33)28-24/h18,22-24H,4-17,19H2,1-3H3,(H2,27,28,33)/t22?,23-,24?/m0/s1. The Kier molecular flexibility index (Phi) is 12.6. The predicted octanol–water partition coefficient (Wildman–Crippen LogP) is 2.99. The predicted molar refractivity (Wildman–Crippen MR) is 144 cm³/mol. The monoisotopic (exact) mass is 539 g/mol. The van der Waals surface area contributed by atoms with Gasteiger partial charge in [0.1, 0.15) is 5.78 Å². The minimum atomic E-state index is -0.0428. The van der Waals surface area contributed by atoms with Crippen molar-refractivity contribution in [2.24, 2.45) is 5.41 Å². The van der Waals surface area contributed by atoms with Crippen LogP contribution in [0.15, 0.2) is 6.20 Å². The van der Waals surface area contributed by atoms with Crippen LogP contribution in [0.1, 0.15) is 65.0 Å². The molecule has 2 N–H and O–H groups in total. The van der Waals surface area contributed by atoms with E-state index in [-0.39, 0.29) is 23.5 Å². The molecule has 37 heavy (non-hydrogen) atoms. The van der Waals surface area contributed by atoms with Crippen LogP contribution in [0.25, 0.3) is 0 Å². The van der Waals surface area contributed by atoms with Crippen molar-refractivity contribution in [3.05, 3.63) is 11.9 Å². The normalized spacial score (nSPS) is 21.2. The van der Waals surface area contributed by atoms with E-state index in [1.165, 1.54) is 0 Å². The van der Waals surface area contributed by atoms with Gasteiger partial charge in [-0.1, -0.05) is 32.4 Å². The second-order valence-electron chi connectivity index (χ2n) is 11.1. The Labute approximate surface area is 225 Å². The molecule has 0 aromatic carbocycles. The molecule has 0 spiro atoms. The molecule has 2 aliphatic rings. The molecule has 3 atom stereocenters. The van der Waals surface area contributed by atoms with Crippen LogP contribution in [0.5, 0.6) is 0 Å². The summed E-state index contributed by atoms with van der Waals surface area (Å²) in [5, 5.41) is 14.8. The highest BCUT2D eigenvalue weighted by atomic mass is 32.2. The molecule has 2 aliphatic heterocycles. The summed E-state index contributed by atoms with van der Waals surface area (Å²) in [6.45, 7) is 10.5. The first-order valence-electron chi connectivity index (χ1n) is 13.6. The number of nitrogens with zero attached hydrogens (tertiary/aromatic N) is 3. The summed E-state index contributed by atoms with van der Waals surface area (Å²) in [6.07, 6.45) is 7.84. The van der Waals surface area contributed by atoms with Gasteiger partial charge in [-0.05, 0) is 31.1 Å². The third kappa shape index (κ3) is 11.7. The fraction of sp³-hybridized carbons (Fsp3) is 0.846. The zero-order valence-corrected chi connectivity index (χ0v) is 23.5. The SMILES string of the molecule is CC(C)(C)Cc1cn(CCOCCOCCOCCCC(=O)CCCC[C@@H]2SCC3NC(=O)NC32)nn1. The van der Waals surface area contributed by atoms with Gasteiger partial charge in [-0.2, -0.15) is 11.8 Å². The molecule has 2 amide bonds. The van der Waals surface area contributed by atoms with Gasteiger partial charge < -0.3 is 24.8 Å². The number of nitrogens with one attached hydrogen (secondary N) is 2. The number of fused-ring (bicyclic) bond motifs is 1. The van der Waals surface area contributed by atoms with Gasteiger partial charge in [0.15, 0.2) is 0 Å². The number of unbranched alkanes of at least 4 members (excludes halogenated alkanes) is 1. The number of carbonyl (C=O) groups excluding carboxylic acids is 2. The Morgan fingerprint density at radius 2 is 1.73 bits per heavy atom. The summed E-state index contributed by atoms with van der Waals surface area (Å²) in [7, 11) is 0. The van der Waals surface area contributed by atoms with Crippen LogP contribution in [0.2, 0.25) is 0 Å². The molecule has 210 valence electrons. The lowest BCUT2D eigenvalue weighted by molar-refractivity contribution is -0.119. The van der Waals surface area contributed by atoms with Gasteiger partial charge in [-0.15, -0.1) is 5.10 Å². The lowest BCUT2D eigenvalue weighted by Gasteiger charge is -2.16. The number of amides is 2. The quantitative estimate of drug-likeness (QED) is 0.204. The zero-order chi connectivity index (χ0) is 26.5. The summed E-state index contributed by atoms with van der Waals surface area (Å²) in [5.74, 6) is 1.29. The van der Waals surface area contributed by atoms with E-state index in [9.17, 15) is 9.59 Å². The molecule has 0 aliphatic carbocycles. The molecule has 2 saturated heterocycles. The first kappa shape index (κ1) is 29.9. The summed E-state index contributed by atoms with van der Waals surface area (Å²) in [5.41, 5.74) is 1.21. The smallest absolute Gasteiger partial charge is 0.315 e. The number of urea groups is 1. The molecule has 0 bridgehead atoms. The molecule has 2 fully saturated rings. The van der Waals surface area contributed by atoms with E-state index in [1.807, 2.05) is 22.6 Å². The van der Waals surface area contributed by atoms with E-state index in [1.54, 1.807) is 0 Å². The number of ketones is 1. The van der Waals surface area contributed by atoms with Crippen molar-refractivity contribution >= 4 is 23.6 Å². The average molecular weight is 540 g/mol. The number of thioether (sulfide) groups is 1. The first-order valence-corrected chi connectivity index (χ1v) is 14.7. The number of hydrogen-bond donors (Lipinski definition) is 2. The van der Waals surface area contributed by atoms with Crippen molar-refractivity contribution in [2.45, 2.75) is 89.6 Å². The van der Waals surface area contributed by atoms with E-state index in [0.717, 1.165) is 43.6 Å². The number of carbonyl (C=O) groups is 2. The number of rotatable bonds is 19. The van der Waals surface area contributed by atoms with Crippen molar-refractivity contribution in [2.75, 3.05) is 45.4 Å². The second-order valence-corrected chi connectivity index (χ2v) is 12.3. The molecule has 1 aromatic rings. The molecule has 0 saturated carbocycles. The van der Waals surface area contributed by atoms with Gasteiger partial charge in [0.05, 0.1) is 57.4 Å². The maximum absolute atomic E-state index is 12.1. The Morgan fingerprint density at radius 3 is 2.49 bits per heavy atom. The van der Waals surface area contributed by atoms with Gasteiger partial charge >= 0.3 is 6.03 Å². The third-order valence-electron chi connectivity index (χ3n) is 6.38. The van der Waals surface area contributed by atoms with Crippen LogP contribution in [0, 0.1) is 5.41 Å².